The summed E-state index contributed by atoms with van der Waals surface area (Å²) < 4.78 is 0. The predicted octanol–water partition coefficient (Wildman–Crippen LogP) is 4.31. The smallest absolute Gasteiger partial charge is 0.237 e. The molecule has 2 aliphatic heterocycles. The van der Waals surface area contributed by atoms with Gasteiger partial charge in [-0.05, 0) is 66.1 Å². The van der Waals surface area contributed by atoms with Crippen molar-refractivity contribution in [2.45, 2.75) is 19.4 Å². The third-order valence-electron chi connectivity index (χ3n) is 6.47. The number of amides is 1. The molecule has 3 aromatic rings. The van der Waals surface area contributed by atoms with E-state index in [0.717, 1.165) is 50.4 Å². The molecular weight excluding hydrogens is 438 g/mol. The highest BCUT2D eigenvalue weighted by Crippen LogP contribution is 2.39. The summed E-state index contributed by atoms with van der Waals surface area (Å²) in [4.78, 5) is 34.3. The van der Waals surface area contributed by atoms with Crippen molar-refractivity contribution in [1.82, 2.24) is 9.80 Å². The van der Waals surface area contributed by atoms with Crippen molar-refractivity contribution in [2.75, 3.05) is 44.2 Å². The molecule has 4 heterocycles. The molecule has 1 fully saturated rings. The van der Waals surface area contributed by atoms with Crippen LogP contribution in [0.4, 0.5) is 5.69 Å². The molecular formula is C25H27N3O2S2. The average Bonchev–Trinajstić information content (AvgIpc) is 3.51. The lowest BCUT2D eigenvalue weighted by atomic mass is 9.98. The minimum absolute atomic E-state index is 0.0542. The molecule has 0 spiro atoms. The molecule has 32 heavy (non-hydrogen) atoms. The number of carbonyl (C=O) groups is 2. The maximum atomic E-state index is 13.4. The first-order valence-corrected chi connectivity index (χ1v) is 12.8. The number of hydrogen-bond acceptors (Lipinski definition) is 6. The summed E-state index contributed by atoms with van der Waals surface area (Å²) in [7, 11) is 0. The van der Waals surface area contributed by atoms with E-state index in [1.165, 1.54) is 15.3 Å². The molecule has 2 aliphatic rings. The van der Waals surface area contributed by atoms with Crippen molar-refractivity contribution in [3.05, 3.63) is 74.1 Å². The van der Waals surface area contributed by atoms with Crippen molar-refractivity contribution in [3.8, 4) is 0 Å². The summed E-state index contributed by atoms with van der Waals surface area (Å²) in [5, 5.41) is 4.25. The van der Waals surface area contributed by atoms with E-state index in [4.69, 9.17) is 0 Å². The monoisotopic (exact) mass is 465 g/mol. The molecule has 7 heteroatoms. The van der Waals surface area contributed by atoms with Gasteiger partial charge < -0.3 is 9.80 Å². The zero-order valence-corrected chi connectivity index (χ0v) is 19.8. The topological polar surface area (TPSA) is 43.9 Å². The summed E-state index contributed by atoms with van der Waals surface area (Å²) >= 11 is 3.54. The van der Waals surface area contributed by atoms with Gasteiger partial charge in [0.05, 0.1) is 12.6 Å². The van der Waals surface area contributed by atoms with Crippen LogP contribution in [0.25, 0.3) is 0 Å². The summed E-state index contributed by atoms with van der Waals surface area (Å²) in [5.74, 6) is 0.313. The minimum Gasteiger partial charge on any atom is -0.369 e. The Kier molecular flexibility index (Phi) is 6.13. The quantitative estimate of drug-likeness (QED) is 0.527. The second-order valence-electron chi connectivity index (χ2n) is 8.42. The summed E-state index contributed by atoms with van der Waals surface area (Å²) in [6, 6.07) is 14.3. The fourth-order valence-electron chi connectivity index (χ4n) is 4.69. The van der Waals surface area contributed by atoms with Gasteiger partial charge in [-0.1, -0.05) is 6.07 Å². The van der Waals surface area contributed by atoms with Crippen LogP contribution in [0.1, 0.15) is 38.6 Å². The van der Waals surface area contributed by atoms with Gasteiger partial charge >= 0.3 is 0 Å². The van der Waals surface area contributed by atoms with Crippen molar-refractivity contribution < 1.29 is 9.59 Å². The van der Waals surface area contributed by atoms with Crippen LogP contribution in [0.3, 0.4) is 0 Å². The van der Waals surface area contributed by atoms with Crippen LogP contribution in [0.2, 0.25) is 0 Å². The SMILES string of the molecule is CC(=O)c1ccc(N2CCN(CC(=O)N3CCc4sccc4[C@@H]3c3cccs3)CC2)cc1. The maximum absolute atomic E-state index is 13.4. The van der Waals surface area contributed by atoms with Crippen molar-refractivity contribution in [1.29, 1.82) is 0 Å². The highest BCUT2D eigenvalue weighted by molar-refractivity contribution is 7.10. The maximum Gasteiger partial charge on any atom is 0.237 e. The standard InChI is InChI=1S/C25H27N3O2S2/c1-18(29)19-4-6-20(7-5-19)27-13-11-26(12-14-27)17-24(30)28-10-8-22-21(9-16-32-22)25(28)23-3-2-15-31-23/h2-7,9,15-16,25H,8,10-14,17H2,1H3/t25-/m1/s1. The highest BCUT2D eigenvalue weighted by Gasteiger charge is 2.34. The van der Waals surface area contributed by atoms with Gasteiger partial charge in [-0.2, -0.15) is 0 Å². The highest BCUT2D eigenvalue weighted by atomic mass is 32.1. The number of anilines is 1. The molecule has 1 aromatic carbocycles. The van der Waals surface area contributed by atoms with Crippen LogP contribution >= 0.6 is 22.7 Å². The Morgan fingerprint density at radius 2 is 1.72 bits per heavy atom. The van der Waals surface area contributed by atoms with Gasteiger partial charge in [0.15, 0.2) is 5.78 Å². The number of fused-ring (bicyclic) bond motifs is 1. The molecule has 5 nitrogen and oxygen atoms in total. The molecule has 0 radical (unpaired) electrons. The lowest BCUT2D eigenvalue weighted by molar-refractivity contribution is -0.134. The Morgan fingerprint density at radius 3 is 2.41 bits per heavy atom. The zero-order chi connectivity index (χ0) is 22.1. The van der Waals surface area contributed by atoms with Gasteiger partial charge in [0.25, 0.3) is 0 Å². The van der Waals surface area contributed by atoms with Gasteiger partial charge in [0.1, 0.15) is 0 Å². The average molecular weight is 466 g/mol. The molecule has 1 saturated heterocycles. The van der Waals surface area contributed by atoms with E-state index >= 15 is 0 Å². The Labute approximate surface area is 196 Å². The number of carbonyl (C=O) groups excluding carboxylic acids is 2. The van der Waals surface area contributed by atoms with Gasteiger partial charge in [-0.25, -0.2) is 0 Å². The lowest BCUT2D eigenvalue weighted by Crippen LogP contribution is -2.51. The third-order valence-corrected chi connectivity index (χ3v) is 8.39. The fraction of sp³-hybridized carbons (Fsp3) is 0.360. The number of thiophene rings is 2. The second kappa shape index (κ2) is 9.17. The molecule has 0 saturated carbocycles. The van der Waals surface area contributed by atoms with Gasteiger partial charge in [-0.15, -0.1) is 22.7 Å². The Bertz CT molecular complexity index is 1080. The van der Waals surface area contributed by atoms with Crippen LogP contribution in [-0.4, -0.2) is 60.8 Å². The first-order chi connectivity index (χ1) is 15.6. The fourth-order valence-corrected chi connectivity index (χ4v) is 6.45. The number of rotatable bonds is 5. The third kappa shape index (κ3) is 4.25. The first-order valence-electron chi connectivity index (χ1n) is 11.1. The molecule has 0 N–H and O–H groups in total. The number of piperazine rings is 1. The number of benzene rings is 1. The Hall–Kier alpha value is -2.48. The van der Waals surface area contributed by atoms with Crippen molar-refractivity contribution in [3.63, 3.8) is 0 Å². The second-order valence-corrected chi connectivity index (χ2v) is 10.4. The lowest BCUT2D eigenvalue weighted by Gasteiger charge is -2.39. The molecule has 0 unspecified atom stereocenters. The summed E-state index contributed by atoms with van der Waals surface area (Å²) in [6.45, 7) is 6.35. The normalized spacial score (nSPS) is 19.1. The Morgan fingerprint density at radius 1 is 0.938 bits per heavy atom. The largest absolute Gasteiger partial charge is 0.369 e. The van der Waals surface area contributed by atoms with Crippen molar-refractivity contribution >= 4 is 40.1 Å². The van der Waals surface area contributed by atoms with E-state index in [-0.39, 0.29) is 17.7 Å². The van der Waals surface area contributed by atoms with E-state index in [1.807, 2.05) is 35.6 Å². The molecule has 2 aromatic heterocycles. The van der Waals surface area contributed by atoms with E-state index in [9.17, 15) is 9.59 Å². The predicted molar refractivity (Wildman–Crippen MR) is 131 cm³/mol. The molecule has 0 bridgehead atoms. The van der Waals surface area contributed by atoms with E-state index < -0.39 is 0 Å². The van der Waals surface area contributed by atoms with Crippen molar-refractivity contribution in [2.24, 2.45) is 0 Å². The first kappa shape index (κ1) is 21.4. The van der Waals surface area contributed by atoms with Gasteiger partial charge in [-0.3, -0.25) is 14.5 Å². The molecule has 166 valence electrons. The summed E-state index contributed by atoms with van der Waals surface area (Å²) in [6.07, 6.45) is 0.949. The number of hydrogen-bond donors (Lipinski definition) is 0. The van der Waals surface area contributed by atoms with E-state index in [2.05, 4.69) is 43.7 Å². The van der Waals surface area contributed by atoms with Crippen LogP contribution in [0, 0.1) is 0 Å². The van der Waals surface area contributed by atoms with Crippen LogP contribution in [-0.2, 0) is 11.2 Å². The summed E-state index contributed by atoms with van der Waals surface area (Å²) in [5.41, 5.74) is 3.18. The van der Waals surface area contributed by atoms with Gasteiger partial charge in [0, 0.05) is 53.7 Å². The van der Waals surface area contributed by atoms with E-state index in [0.29, 0.717) is 6.54 Å². The zero-order valence-electron chi connectivity index (χ0n) is 18.2. The van der Waals surface area contributed by atoms with Crippen LogP contribution in [0.15, 0.2) is 53.2 Å². The number of ketones is 1. The molecule has 5 rings (SSSR count). The van der Waals surface area contributed by atoms with Crippen LogP contribution < -0.4 is 4.90 Å². The Balaban J connectivity index is 1.22. The molecule has 0 aliphatic carbocycles. The molecule has 1 amide bonds. The van der Waals surface area contributed by atoms with E-state index in [1.54, 1.807) is 18.3 Å². The van der Waals surface area contributed by atoms with Crippen LogP contribution in [0.5, 0.6) is 0 Å². The number of Topliss-reactive ketones (excluding diaryl/α,β-unsaturated/α-hetero) is 1. The number of nitrogens with zero attached hydrogens (tertiary/aromatic N) is 3. The molecule has 1 atom stereocenters. The minimum atomic E-state index is 0.0542. The van der Waals surface area contributed by atoms with Gasteiger partial charge in [0.2, 0.25) is 5.91 Å².